The smallest absolute Gasteiger partial charge is 0.193 e. The molecule has 0 saturated carbocycles. The molecule has 0 spiro atoms. The lowest BCUT2D eigenvalue weighted by atomic mass is 10.00. The molecule has 1 rings (SSSR count). The lowest BCUT2D eigenvalue weighted by molar-refractivity contribution is 0.0880. The molecule has 0 aromatic carbocycles. The third kappa shape index (κ3) is 4.19. The van der Waals surface area contributed by atoms with Gasteiger partial charge >= 0.3 is 0 Å². The van der Waals surface area contributed by atoms with E-state index in [0.29, 0.717) is 0 Å². The number of hydrogen-bond acceptors (Lipinski definition) is 3. The van der Waals surface area contributed by atoms with Crippen LogP contribution in [0.5, 0.6) is 0 Å². The summed E-state index contributed by atoms with van der Waals surface area (Å²) >= 11 is 0. The third-order valence-corrected chi connectivity index (χ3v) is 8.61. The van der Waals surface area contributed by atoms with E-state index >= 15 is 0 Å². The van der Waals surface area contributed by atoms with Crippen LogP contribution in [0.1, 0.15) is 46.0 Å². The standard InChI is InChI=1S/C15H28O3Si/c1-12(9-10-16)14(13-8-7-11-17-13)18-19(5,6)15(2,3)4/h7-8,11-12,14,16H,9-10H2,1-6H3/t12-,14-/m1/s1. The topological polar surface area (TPSA) is 42.6 Å². The summed E-state index contributed by atoms with van der Waals surface area (Å²) in [7, 11) is -1.86. The zero-order chi connectivity index (χ0) is 14.7. The minimum absolute atomic E-state index is 0.0666. The first-order chi connectivity index (χ1) is 8.69. The summed E-state index contributed by atoms with van der Waals surface area (Å²) in [4.78, 5) is 0. The van der Waals surface area contributed by atoms with Crippen molar-refractivity contribution in [2.24, 2.45) is 5.92 Å². The maximum Gasteiger partial charge on any atom is 0.193 e. The van der Waals surface area contributed by atoms with Gasteiger partial charge in [-0.05, 0) is 42.6 Å². The van der Waals surface area contributed by atoms with Gasteiger partial charge in [-0.2, -0.15) is 0 Å². The first-order valence-corrected chi connectivity index (χ1v) is 9.92. The molecule has 2 atom stereocenters. The van der Waals surface area contributed by atoms with Crippen LogP contribution in [0.2, 0.25) is 18.1 Å². The van der Waals surface area contributed by atoms with Crippen LogP contribution >= 0.6 is 0 Å². The SMILES string of the molecule is C[C@H](CCO)[C@@H](O[Si](C)(C)C(C)(C)C)c1ccco1. The van der Waals surface area contributed by atoms with Gasteiger partial charge in [0.15, 0.2) is 8.32 Å². The number of furan rings is 1. The predicted octanol–water partition coefficient (Wildman–Crippen LogP) is 4.36. The van der Waals surface area contributed by atoms with Crippen molar-refractivity contribution in [2.75, 3.05) is 6.61 Å². The van der Waals surface area contributed by atoms with E-state index in [2.05, 4.69) is 40.8 Å². The Labute approximate surface area is 118 Å². The minimum atomic E-state index is -1.86. The maximum atomic E-state index is 9.17. The van der Waals surface area contributed by atoms with Gasteiger partial charge in [0, 0.05) is 6.61 Å². The van der Waals surface area contributed by atoms with E-state index in [4.69, 9.17) is 13.9 Å². The molecule has 19 heavy (non-hydrogen) atoms. The molecule has 1 aromatic rings. The number of aliphatic hydroxyl groups is 1. The molecule has 1 N–H and O–H groups in total. The summed E-state index contributed by atoms with van der Waals surface area (Å²) in [5, 5.41) is 9.33. The van der Waals surface area contributed by atoms with Gasteiger partial charge < -0.3 is 13.9 Å². The van der Waals surface area contributed by atoms with Crippen LogP contribution < -0.4 is 0 Å². The minimum Gasteiger partial charge on any atom is -0.467 e. The lowest BCUT2D eigenvalue weighted by Crippen LogP contribution is -2.42. The first-order valence-electron chi connectivity index (χ1n) is 7.01. The first kappa shape index (κ1) is 16.5. The van der Waals surface area contributed by atoms with Crippen molar-refractivity contribution in [1.29, 1.82) is 0 Å². The Morgan fingerprint density at radius 3 is 2.42 bits per heavy atom. The van der Waals surface area contributed by atoms with Gasteiger partial charge in [-0.3, -0.25) is 0 Å². The Bertz CT molecular complexity index is 365. The fourth-order valence-corrected chi connectivity index (χ4v) is 3.09. The van der Waals surface area contributed by atoms with E-state index in [0.717, 1.165) is 12.2 Å². The zero-order valence-corrected chi connectivity index (χ0v) is 14.1. The van der Waals surface area contributed by atoms with Crippen molar-refractivity contribution < 1.29 is 13.9 Å². The fraction of sp³-hybridized carbons (Fsp3) is 0.733. The molecule has 1 heterocycles. The Kier molecular flexibility index (Phi) is 5.41. The van der Waals surface area contributed by atoms with E-state index in [1.165, 1.54) is 0 Å². The summed E-state index contributed by atoms with van der Waals surface area (Å²) < 4.78 is 12.0. The number of hydrogen-bond donors (Lipinski definition) is 1. The van der Waals surface area contributed by atoms with Crippen molar-refractivity contribution in [3.05, 3.63) is 24.2 Å². The van der Waals surface area contributed by atoms with Crippen molar-refractivity contribution in [1.82, 2.24) is 0 Å². The van der Waals surface area contributed by atoms with E-state index in [-0.39, 0.29) is 23.7 Å². The summed E-state index contributed by atoms with van der Waals surface area (Å²) in [6.07, 6.45) is 2.34. The number of aliphatic hydroxyl groups excluding tert-OH is 1. The van der Waals surface area contributed by atoms with Crippen LogP contribution in [-0.4, -0.2) is 20.0 Å². The molecule has 0 aliphatic carbocycles. The highest BCUT2D eigenvalue weighted by Gasteiger charge is 2.41. The summed E-state index contributed by atoms with van der Waals surface area (Å²) in [6.45, 7) is 13.5. The van der Waals surface area contributed by atoms with Crippen LogP contribution in [0, 0.1) is 5.92 Å². The quantitative estimate of drug-likeness (QED) is 0.789. The van der Waals surface area contributed by atoms with E-state index in [1.807, 2.05) is 12.1 Å². The van der Waals surface area contributed by atoms with Crippen molar-refractivity contribution in [3.8, 4) is 0 Å². The molecule has 0 aliphatic heterocycles. The summed E-state index contributed by atoms with van der Waals surface area (Å²) in [5.74, 6) is 1.11. The fourth-order valence-electron chi connectivity index (χ4n) is 1.76. The number of rotatable bonds is 6. The molecule has 0 bridgehead atoms. The van der Waals surface area contributed by atoms with Crippen LogP contribution in [0.4, 0.5) is 0 Å². The molecule has 4 heteroatoms. The second-order valence-electron chi connectivity index (χ2n) is 6.80. The van der Waals surface area contributed by atoms with Gasteiger partial charge in [-0.25, -0.2) is 0 Å². The van der Waals surface area contributed by atoms with Gasteiger partial charge in [0.25, 0.3) is 0 Å². The Morgan fingerprint density at radius 2 is 2.00 bits per heavy atom. The molecule has 1 aromatic heterocycles. The molecule has 3 nitrogen and oxygen atoms in total. The molecule has 0 unspecified atom stereocenters. The Balaban J connectivity index is 2.93. The molecule has 0 aliphatic rings. The van der Waals surface area contributed by atoms with Crippen LogP contribution in [0.3, 0.4) is 0 Å². The molecule has 0 saturated heterocycles. The second kappa shape index (κ2) is 6.24. The van der Waals surface area contributed by atoms with Crippen molar-refractivity contribution >= 4 is 8.32 Å². The van der Waals surface area contributed by atoms with Crippen LogP contribution in [0.15, 0.2) is 22.8 Å². The highest BCUT2D eigenvalue weighted by molar-refractivity contribution is 6.74. The van der Waals surface area contributed by atoms with Crippen molar-refractivity contribution in [3.63, 3.8) is 0 Å². The van der Waals surface area contributed by atoms with E-state index in [9.17, 15) is 0 Å². The highest BCUT2D eigenvalue weighted by atomic mass is 28.4. The molecule has 110 valence electrons. The van der Waals surface area contributed by atoms with Gasteiger partial charge in [-0.15, -0.1) is 0 Å². The maximum absolute atomic E-state index is 9.17. The van der Waals surface area contributed by atoms with Gasteiger partial charge in [0.1, 0.15) is 11.9 Å². The predicted molar refractivity (Wildman–Crippen MR) is 80.6 cm³/mol. The van der Waals surface area contributed by atoms with Crippen LogP contribution in [0.25, 0.3) is 0 Å². The molecular weight excluding hydrogens is 256 g/mol. The zero-order valence-electron chi connectivity index (χ0n) is 13.1. The highest BCUT2D eigenvalue weighted by Crippen LogP contribution is 2.42. The molecular formula is C15H28O3Si. The van der Waals surface area contributed by atoms with E-state index in [1.54, 1.807) is 6.26 Å². The summed E-state index contributed by atoms with van der Waals surface area (Å²) in [6, 6.07) is 3.86. The third-order valence-electron chi connectivity index (χ3n) is 4.15. The van der Waals surface area contributed by atoms with Gasteiger partial charge in [0.2, 0.25) is 0 Å². The largest absolute Gasteiger partial charge is 0.467 e. The van der Waals surface area contributed by atoms with Crippen molar-refractivity contribution in [2.45, 2.75) is 58.4 Å². The normalized spacial score (nSPS) is 16.4. The molecule has 0 fully saturated rings. The lowest BCUT2D eigenvalue weighted by Gasteiger charge is -2.40. The monoisotopic (exact) mass is 284 g/mol. The van der Waals surface area contributed by atoms with Gasteiger partial charge in [0.05, 0.1) is 6.26 Å². The second-order valence-corrected chi connectivity index (χ2v) is 11.6. The van der Waals surface area contributed by atoms with Crippen LogP contribution in [-0.2, 0) is 4.43 Å². The Hall–Kier alpha value is -0.583. The van der Waals surface area contributed by atoms with Gasteiger partial charge in [-0.1, -0.05) is 27.7 Å². The average Bonchev–Trinajstić information content (AvgIpc) is 2.77. The molecule has 0 radical (unpaired) electrons. The Morgan fingerprint density at radius 1 is 1.37 bits per heavy atom. The summed E-state index contributed by atoms with van der Waals surface area (Å²) in [5.41, 5.74) is 0. The molecule has 0 amide bonds. The average molecular weight is 284 g/mol. The van der Waals surface area contributed by atoms with E-state index < -0.39 is 8.32 Å².